The number of aromatic nitrogens is 1. The maximum absolute atomic E-state index is 13.5. The zero-order valence-corrected chi connectivity index (χ0v) is 12.2. The Kier molecular flexibility index (Phi) is 3.57. The Morgan fingerprint density at radius 3 is 2.95 bits per heavy atom. The van der Waals surface area contributed by atoms with Gasteiger partial charge in [0.05, 0.1) is 11.6 Å². The van der Waals surface area contributed by atoms with Gasteiger partial charge in [0.1, 0.15) is 11.5 Å². The summed E-state index contributed by atoms with van der Waals surface area (Å²) in [4.78, 5) is 16.6. The summed E-state index contributed by atoms with van der Waals surface area (Å²) in [5.74, 6) is -0.519. The van der Waals surface area contributed by atoms with Gasteiger partial charge < -0.3 is 0 Å². The van der Waals surface area contributed by atoms with Gasteiger partial charge in [-0.3, -0.25) is 14.8 Å². The van der Waals surface area contributed by atoms with Crippen LogP contribution in [-0.4, -0.2) is 40.4 Å². The molecule has 5 nitrogen and oxygen atoms in total. The van der Waals surface area contributed by atoms with Gasteiger partial charge in [-0.05, 0) is 24.5 Å². The number of halogens is 2. The lowest BCUT2D eigenvalue weighted by Crippen LogP contribution is -2.41. The molecule has 2 aliphatic rings. The molecule has 0 unspecified atom stereocenters. The van der Waals surface area contributed by atoms with E-state index in [-0.39, 0.29) is 19.0 Å². The second-order valence-electron chi connectivity index (χ2n) is 5.77. The van der Waals surface area contributed by atoms with Crippen molar-refractivity contribution in [1.29, 1.82) is 5.26 Å². The molecule has 3 heterocycles. The molecule has 0 saturated carbocycles. The molecule has 2 fully saturated rings. The Hall–Kier alpha value is -2.07. The van der Waals surface area contributed by atoms with Gasteiger partial charge in [0.2, 0.25) is 0 Å². The summed E-state index contributed by atoms with van der Waals surface area (Å²) in [7, 11) is 0. The fourth-order valence-electron chi connectivity index (χ4n) is 3.33. The van der Waals surface area contributed by atoms with Crippen LogP contribution in [0.15, 0.2) is 18.5 Å². The topological polar surface area (TPSA) is 60.2 Å². The van der Waals surface area contributed by atoms with Crippen LogP contribution in [0.25, 0.3) is 0 Å². The number of carbonyl (C=O) groups excluding carboxylic acids is 1. The molecule has 1 aromatic heterocycles. The second-order valence-corrected chi connectivity index (χ2v) is 5.77. The number of nitrogens with zero attached hydrogens (tertiary/aromatic N) is 4. The van der Waals surface area contributed by atoms with Crippen molar-refractivity contribution >= 4 is 5.91 Å². The summed E-state index contributed by atoms with van der Waals surface area (Å²) in [6.07, 6.45) is 1.12. The van der Waals surface area contributed by atoms with Crippen molar-refractivity contribution in [3.05, 3.63) is 29.6 Å². The molecule has 2 atom stereocenters. The van der Waals surface area contributed by atoms with E-state index in [1.807, 2.05) is 6.07 Å². The molecule has 22 heavy (non-hydrogen) atoms. The number of amides is 1. The van der Waals surface area contributed by atoms with Crippen LogP contribution < -0.4 is 0 Å². The van der Waals surface area contributed by atoms with Crippen molar-refractivity contribution < 1.29 is 13.6 Å². The molecule has 0 bridgehead atoms. The molecule has 2 aliphatic heterocycles. The Balaban J connectivity index is 1.95. The monoisotopic (exact) mass is 306 g/mol. The summed E-state index contributed by atoms with van der Waals surface area (Å²) in [5, 5.41) is 12.1. The van der Waals surface area contributed by atoms with Gasteiger partial charge in [-0.2, -0.15) is 5.26 Å². The Labute approximate surface area is 127 Å². The van der Waals surface area contributed by atoms with Crippen molar-refractivity contribution in [3.63, 3.8) is 0 Å². The number of rotatable bonds is 3. The zero-order chi connectivity index (χ0) is 15.9. The average Bonchev–Trinajstić information content (AvgIpc) is 3.06. The van der Waals surface area contributed by atoms with E-state index in [9.17, 15) is 13.6 Å². The van der Waals surface area contributed by atoms with E-state index in [1.165, 1.54) is 11.2 Å². The molecule has 0 radical (unpaired) electrons. The highest BCUT2D eigenvalue weighted by molar-refractivity contribution is 5.85. The molecule has 2 saturated heterocycles. The summed E-state index contributed by atoms with van der Waals surface area (Å²) in [5.41, 5.74) is -0.492. The highest BCUT2D eigenvalue weighted by Gasteiger charge is 2.59. The number of fused-ring (bicyclic) bond motifs is 1. The number of nitriles is 1. The average molecular weight is 306 g/mol. The van der Waals surface area contributed by atoms with Crippen LogP contribution >= 0.6 is 0 Å². The van der Waals surface area contributed by atoms with Crippen LogP contribution in [0.5, 0.6) is 0 Å². The standard InChI is InChI=1S/C15H16F2N4O/c1-2-15(13(16)17)9-20-4-3-12(21(20)14(15)22)11-5-10(6-18)7-19-8-11/h5,7-8,12-13H,2-4,9H2,1H3/t12-,15-/m1/s1. The zero-order valence-electron chi connectivity index (χ0n) is 12.2. The molecule has 0 N–H and O–H groups in total. The Morgan fingerprint density at radius 1 is 1.55 bits per heavy atom. The van der Waals surface area contributed by atoms with Gasteiger partial charge in [-0.25, -0.2) is 13.8 Å². The van der Waals surface area contributed by atoms with Crippen molar-refractivity contribution in [3.8, 4) is 6.07 Å². The predicted octanol–water partition coefficient (Wildman–Crippen LogP) is 2.12. The van der Waals surface area contributed by atoms with Crippen LogP contribution in [0.2, 0.25) is 0 Å². The van der Waals surface area contributed by atoms with E-state index >= 15 is 0 Å². The number of hydrogen-bond acceptors (Lipinski definition) is 4. The van der Waals surface area contributed by atoms with Crippen molar-refractivity contribution in [2.75, 3.05) is 13.1 Å². The molecular weight excluding hydrogens is 290 g/mol. The van der Waals surface area contributed by atoms with E-state index in [2.05, 4.69) is 4.98 Å². The second kappa shape index (κ2) is 5.29. The van der Waals surface area contributed by atoms with Gasteiger partial charge in [-0.15, -0.1) is 0 Å². The molecule has 3 rings (SSSR count). The Bertz CT molecular complexity index is 645. The number of carbonyl (C=O) groups is 1. The first-order valence-corrected chi connectivity index (χ1v) is 7.25. The third kappa shape index (κ3) is 1.98. The van der Waals surface area contributed by atoms with E-state index in [4.69, 9.17) is 5.26 Å². The molecule has 0 aromatic carbocycles. The van der Waals surface area contributed by atoms with E-state index in [1.54, 1.807) is 24.2 Å². The number of alkyl halides is 2. The molecule has 1 amide bonds. The van der Waals surface area contributed by atoms with E-state index in [0.29, 0.717) is 18.5 Å². The van der Waals surface area contributed by atoms with Crippen molar-refractivity contribution in [2.24, 2.45) is 5.41 Å². The first-order valence-electron chi connectivity index (χ1n) is 7.25. The molecule has 116 valence electrons. The van der Waals surface area contributed by atoms with Crippen LogP contribution in [0.3, 0.4) is 0 Å². The lowest BCUT2D eigenvalue weighted by Gasteiger charge is -2.27. The van der Waals surface area contributed by atoms with E-state index < -0.39 is 17.7 Å². The molecule has 0 aliphatic carbocycles. The van der Waals surface area contributed by atoms with Crippen LogP contribution in [-0.2, 0) is 4.79 Å². The minimum atomic E-state index is -2.68. The number of pyridine rings is 1. The fourth-order valence-corrected chi connectivity index (χ4v) is 3.33. The number of hydrazine groups is 1. The highest BCUT2D eigenvalue weighted by Crippen LogP contribution is 2.46. The summed E-state index contributed by atoms with van der Waals surface area (Å²) in [6.45, 7) is 2.24. The minimum Gasteiger partial charge on any atom is -0.272 e. The molecular formula is C15H16F2N4O. The first kappa shape index (κ1) is 14.9. The third-order valence-corrected chi connectivity index (χ3v) is 4.68. The van der Waals surface area contributed by atoms with Crippen LogP contribution in [0, 0.1) is 16.7 Å². The van der Waals surface area contributed by atoms with Gasteiger partial charge >= 0.3 is 0 Å². The molecule has 1 aromatic rings. The number of hydrogen-bond donors (Lipinski definition) is 0. The predicted molar refractivity (Wildman–Crippen MR) is 73.5 cm³/mol. The van der Waals surface area contributed by atoms with Gasteiger partial charge in [0.15, 0.2) is 0 Å². The molecule has 7 heteroatoms. The lowest BCUT2D eigenvalue weighted by atomic mass is 9.84. The quantitative estimate of drug-likeness (QED) is 0.858. The SMILES string of the molecule is CC[C@]1(C(F)F)CN2CC[C@H](c3cncc(C#N)c3)N2C1=O. The Morgan fingerprint density at radius 2 is 2.32 bits per heavy atom. The van der Waals surface area contributed by atoms with Crippen LogP contribution in [0.4, 0.5) is 8.78 Å². The van der Waals surface area contributed by atoms with E-state index in [0.717, 1.165) is 5.56 Å². The maximum Gasteiger partial charge on any atom is 0.254 e. The third-order valence-electron chi connectivity index (χ3n) is 4.68. The van der Waals surface area contributed by atoms with Gasteiger partial charge in [-0.1, -0.05) is 6.92 Å². The van der Waals surface area contributed by atoms with Crippen molar-refractivity contribution in [2.45, 2.75) is 32.2 Å². The highest BCUT2D eigenvalue weighted by atomic mass is 19.3. The largest absolute Gasteiger partial charge is 0.272 e. The summed E-state index contributed by atoms with van der Waals surface area (Å²) in [6, 6.07) is 3.36. The van der Waals surface area contributed by atoms with Crippen LogP contribution in [0.1, 0.15) is 36.9 Å². The smallest absolute Gasteiger partial charge is 0.254 e. The molecule has 0 spiro atoms. The van der Waals surface area contributed by atoms with Crippen molar-refractivity contribution in [1.82, 2.24) is 15.0 Å². The first-order chi connectivity index (χ1) is 10.5. The summed E-state index contributed by atoms with van der Waals surface area (Å²) < 4.78 is 26.9. The van der Waals surface area contributed by atoms with Gasteiger partial charge in [0.25, 0.3) is 12.3 Å². The summed E-state index contributed by atoms with van der Waals surface area (Å²) >= 11 is 0. The lowest BCUT2D eigenvalue weighted by molar-refractivity contribution is -0.148. The maximum atomic E-state index is 13.5. The fraction of sp³-hybridized carbons (Fsp3) is 0.533. The minimum absolute atomic E-state index is 0.0574. The normalized spacial score (nSPS) is 28.2. The van der Waals surface area contributed by atoms with Gasteiger partial charge in [0, 0.05) is 25.5 Å².